The Morgan fingerprint density at radius 3 is 2.63 bits per heavy atom. The second-order valence-corrected chi connectivity index (χ2v) is 7.54. The first-order chi connectivity index (χ1) is 14.6. The van der Waals surface area contributed by atoms with E-state index in [9.17, 15) is 9.59 Å². The van der Waals surface area contributed by atoms with Gasteiger partial charge in [-0.05, 0) is 43.3 Å². The van der Waals surface area contributed by atoms with Gasteiger partial charge in [0, 0.05) is 10.9 Å². The molecule has 0 saturated heterocycles. The summed E-state index contributed by atoms with van der Waals surface area (Å²) in [5.74, 6) is 0.725. The van der Waals surface area contributed by atoms with E-state index in [0.29, 0.717) is 29.4 Å². The van der Waals surface area contributed by atoms with Crippen molar-refractivity contribution in [3.63, 3.8) is 0 Å². The number of hydrazine groups is 1. The molecule has 0 spiro atoms. The van der Waals surface area contributed by atoms with Crippen LogP contribution in [0.1, 0.15) is 21.1 Å². The molecule has 0 radical (unpaired) electrons. The zero-order valence-corrected chi connectivity index (χ0v) is 16.9. The largest absolute Gasteiger partial charge is 0.487 e. The minimum Gasteiger partial charge on any atom is -0.487 e. The number of thiazole rings is 1. The van der Waals surface area contributed by atoms with Gasteiger partial charge in [0.15, 0.2) is 11.5 Å². The lowest BCUT2D eigenvalue weighted by atomic mass is 10.2. The second-order valence-electron chi connectivity index (χ2n) is 6.48. The molecule has 0 bridgehead atoms. The fourth-order valence-electron chi connectivity index (χ4n) is 2.75. The monoisotopic (exact) mass is 425 g/mol. The first-order valence-electron chi connectivity index (χ1n) is 9.21. The fourth-order valence-corrected chi connectivity index (χ4v) is 3.35. The number of nitrogens with one attached hydrogen (secondary N) is 2. The van der Waals surface area contributed by atoms with Gasteiger partial charge < -0.3 is 14.2 Å². The molecule has 1 aliphatic heterocycles. The summed E-state index contributed by atoms with van der Waals surface area (Å²) in [6.45, 7) is 2.36. The topological polar surface area (TPSA) is 98.8 Å². The van der Waals surface area contributed by atoms with Crippen LogP contribution in [0.15, 0.2) is 53.9 Å². The lowest BCUT2D eigenvalue weighted by molar-refractivity contribution is -0.131. The first kappa shape index (κ1) is 19.7. The Morgan fingerprint density at radius 1 is 1.13 bits per heavy atom. The number of ether oxygens (including phenoxy) is 3. The number of nitrogens with zero attached hydrogens (tertiary/aromatic N) is 1. The van der Waals surface area contributed by atoms with E-state index >= 15 is 0 Å². The lowest BCUT2D eigenvalue weighted by Crippen LogP contribution is -2.50. The summed E-state index contributed by atoms with van der Waals surface area (Å²) in [6, 6.07) is 13.7. The average molecular weight is 425 g/mol. The zero-order chi connectivity index (χ0) is 20.9. The molecule has 2 aromatic carbocycles. The summed E-state index contributed by atoms with van der Waals surface area (Å²) >= 11 is 1.57. The summed E-state index contributed by atoms with van der Waals surface area (Å²) in [6.07, 6.45) is -0.856. The Hall–Kier alpha value is -3.59. The summed E-state index contributed by atoms with van der Waals surface area (Å²) in [4.78, 5) is 28.9. The number of aromatic nitrogens is 1. The Bertz CT molecular complexity index is 1050. The molecule has 1 atom stereocenters. The van der Waals surface area contributed by atoms with Crippen molar-refractivity contribution in [1.29, 1.82) is 0 Å². The van der Waals surface area contributed by atoms with Crippen LogP contribution in [-0.4, -0.2) is 29.5 Å². The summed E-state index contributed by atoms with van der Waals surface area (Å²) in [5, 5.41) is 2.93. The van der Waals surface area contributed by atoms with E-state index in [0.717, 1.165) is 10.7 Å². The van der Waals surface area contributed by atoms with Crippen LogP contribution < -0.4 is 25.1 Å². The van der Waals surface area contributed by atoms with Crippen LogP contribution in [0.5, 0.6) is 17.2 Å². The third-order valence-corrected chi connectivity index (χ3v) is 5.09. The van der Waals surface area contributed by atoms with Crippen molar-refractivity contribution in [2.75, 3.05) is 6.61 Å². The molecule has 2 amide bonds. The van der Waals surface area contributed by atoms with Gasteiger partial charge in [0.1, 0.15) is 19.0 Å². The van der Waals surface area contributed by atoms with Gasteiger partial charge in [0.2, 0.25) is 6.10 Å². The molecular formula is C21H19N3O5S. The van der Waals surface area contributed by atoms with E-state index in [1.165, 1.54) is 0 Å². The van der Waals surface area contributed by atoms with Gasteiger partial charge in [-0.1, -0.05) is 12.1 Å². The molecule has 8 nitrogen and oxygen atoms in total. The number of hydrogen-bond donors (Lipinski definition) is 2. The lowest BCUT2D eigenvalue weighted by Gasteiger charge is -2.25. The maximum Gasteiger partial charge on any atom is 0.283 e. The van der Waals surface area contributed by atoms with Crippen LogP contribution in [-0.2, 0) is 11.4 Å². The van der Waals surface area contributed by atoms with E-state index in [1.54, 1.807) is 53.8 Å². The number of aryl methyl sites for hydroxylation is 1. The smallest absolute Gasteiger partial charge is 0.283 e. The van der Waals surface area contributed by atoms with Crippen molar-refractivity contribution in [2.45, 2.75) is 19.6 Å². The highest BCUT2D eigenvalue weighted by Crippen LogP contribution is 2.30. The van der Waals surface area contributed by atoms with Crippen LogP contribution >= 0.6 is 11.3 Å². The number of benzene rings is 2. The molecule has 30 heavy (non-hydrogen) atoms. The van der Waals surface area contributed by atoms with E-state index in [-0.39, 0.29) is 6.61 Å². The number of fused-ring (bicyclic) bond motifs is 1. The Kier molecular flexibility index (Phi) is 5.80. The minimum atomic E-state index is -0.856. The van der Waals surface area contributed by atoms with Gasteiger partial charge in [0.25, 0.3) is 11.8 Å². The van der Waals surface area contributed by atoms with Crippen molar-refractivity contribution in [2.24, 2.45) is 0 Å². The molecule has 154 valence electrons. The highest BCUT2D eigenvalue weighted by Gasteiger charge is 2.27. The standard InChI is InChI=1S/C21H19N3O5S/c1-13-22-15(12-30-13)10-27-16-8-6-14(7-9-16)20(25)23-24-21(26)19-11-28-17-4-2-3-5-18(17)29-19/h2-9,12,19H,10-11H2,1H3,(H,23,25)(H,24,26). The van der Waals surface area contributed by atoms with Crippen LogP contribution in [0.25, 0.3) is 0 Å². The summed E-state index contributed by atoms with van der Waals surface area (Å²) in [5.41, 5.74) is 5.97. The zero-order valence-electron chi connectivity index (χ0n) is 16.1. The van der Waals surface area contributed by atoms with Crippen molar-refractivity contribution >= 4 is 23.2 Å². The van der Waals surface area contributed by atoms with Crippen molar-refractivity contribution in [1.82, 2.24) is 15.8 Å². The predicted molar refractivity (Wildman–Crippen MR) is 110 cm³/mol. The molecule has 0 aliphatic carbocycles. The second kappa shape index (κ2) is 8.83. The third kappa shape index (κ3) is 4.69. The van der Waals surface area contributed by atoms with Crippen LogP contribution in [0.2, 0.25) is 0 Å². The van der Waals surface area contributed by atoms with Gasteiger partial charge >= 0.3 is 0 Å². The minimum absolute atomic E-state index is 0.0588. The Labute approximate surface area is 176 Å². The van der Waals surface area contributed by atoms with Gasteiger partial charge in [-0.15, -0.1) is 11.3 Å². The normalized spacial score (nSPS) is 14.6. The summed E-state index contributed by atoms with van der Waals surface area (Å²) < 4.78 is 16.8. The van der Waals surface area contributed by atoms with Gasteiger partial charge in [-0.25, -0.2) is 4.98 Å². The van der Waals surface area contributed by atoms with E-state index in [2.05, 4.69) is 15.8 Å². The quantitative estimate of drug-likeness (QED) is 0.610. The van der Waals surface area contributed by atoms with E-state index in [1.807, 2.05) is 18.4 Å². The Balaban J connectivity index is 1.26. The average Bonchev–Trinajstić information content (AvgIpc) is 3.21. The number of carbonyl (C=O) groups is 2. The molecule has 3 aromatic rings. The number of para-hydroxylation sites is 2. The molecular weight excluding hydrogens is 406 g/mol. The number of amides is 2. The highest BCUT2D eigenvalue weighted by atomic mass is 32.1. The number of rotatable bonds is 5. The van der Waals surface area contributed by atoms with Gasteiger partial charge in [0.05, 0.1) is 10.7 Å². The molecule has 0 fully saturated rings. The number of hydrogen-bond acceptors (Lipinski definition) is 7. The van der Waals surface area contributed by atoms with Crippen LogP contribution in [0, 0.1) is 6.92 Å². The SMILES string of the molecule is Cc1nc(COc2ccc(C(=O)NNC(=O)C3COc4ccccc4O3)cc2)cs1. The number of carbonyl (C=O) groups excluding carboxylic acids is 2. The Morgan fingerprint density at radius 2 is 1.90 bits per heavy atom. The molecule has 4 rings (SSSR count). The summed E-state index contributed by atoms with van der Waals surface area (Å²) in [7, 11) is 0. The van der Waals surface area contributed by atoms with Crippen molar-refractivity contribution in [3.05, 3.63) is 70.2 Å². The van der Waals surface area contributed by atoms with Gasteiger partial charge in [-0.3, -0.25) is 20.4 Å². The molecule has 2 N–H and O–H groups in total. The first-order valence-corrected chi connectivity index (χ1v) is 10.1. The van der Waals surface area contributed by atoms with Gasteiger partial charge in [-0.2, -0.15) is 0 Å². The maximum absolute atomic E-state index is 12.3. The third-order valence-electron chi connectivity index (χ3n) is 4.27. The van der Waals surface area contributed by atoms with E-state index < -0.39 is 17.9 Å². The predicted octanol–water partition coefficient (Wildman–Crippen LogP) is 2.63. The molecule has 2 heterocycles. The highest BCUT2D eigenvalue weighted by molar-refractivity contribution is 7.09. The van der Waals surface area contributed by atoms with Crippen molar-refractivity contribution < 1.29 is 23.8 Å². The molecule has 0 saturated carbocycles. The van der Waals surface area contributed by atoms with Crippen LogP contribution in [0.3, 0.4) is 0 Å². The molecule has 1 aliphatic rings. The molecule has 1 aromatic heterocycles. The van der Waals surface area contributed by atoms with E-state index in [4.69, 9.17) is 14.2 Å². The van der Waals surface area contributed by atoms with Crippen molar-refractivity contribution in [3.8, 4) is 17.2 Å². The maximum atomic E-state index is 12.3. The molecule has 1 unspecified atom stereocenters. The van der Waals surface area contributed by atoms with Crippen LogP contribution in [0.4, 0.5) is 0 Å². The fraction of sp³-hybridized carbons (Fsp3) is 0.190. The molecule has 9 heteroatoms.